The molecule has 0 aliphatic carbocycles. The van der Waals surface area contributed by atoms with Crippen molar-refractivity contribution in [2.24, 2.45) is 0 Å². The second-order valence-electron chi connectivity index (χ2n) is 4.60. The van der Waals surface area contributed by atoms with E-state index < -0.39 is 6.10 Å². The molecular weight excluding hydrogens is 258 g/mol. The van der Waals surface area contributed by atoms with Gasteiger partial charge >= 0.3 is 0 Å². The monoisotopic (exact) mass is 273 g/mol. The maximum atomic E-state index is 9.89. The first-order valence-corrected chi connectivity index (χ1v) is 7.07. The number of aromatic nitrogens is 3. The van der Waals surface area contributed by atoms with Crippen molar-refractivity contribution >= 4 is 22.4 Å². The fraction of sp³-hybridized carbons (Fsp3) is 0.286. The van der Waals surface area contributed by atoms with Crippen LogP contribution in [0.25, 0.3) is 11.0 Å². The summed E-state index contributed by atoms with van der Waals surface area (Å²) in [6.45, 7) is 4.38. The first-order chi connectivity index (χ1) is 9.15. The van der Waals surface area contributed by atoms with Gasteiger partial charge in [0.1, 0.15) is 16.9 Å². The minimum Gasteiger partial charge on any atom is -0.385 e. The maximum absolute atomic E-state index is 9.89. The quantitative estimate of drug-likeness (QED) is 0.798. The van der Waals surface area contributed by atoms with Gasteiger partial charge in [0, 0.05) is 11.1 Å². The van der Waals surface area contributed by atoms with E-state index in [9.17, 15) is 5.11 Å². The van der Waals surface area contributed by atoms with Gasteiger partial charge in [-0.25, -0.2) is 9.97 Å². The third-order valence-corrected chi connectivity index (χ3v) is 3.97. The highest BCUT2D eigenvalue weighted by Crippen LogP contribution is 2.22. The number of fused-ring (bicyclic) bond motifs is 1. The Kier molecular flexibility index (Phi) is 3.08. The Bertz CT molecular complexity index is 714. The van der Waals surface area contributed by atoms with Gasteiger partial charge in [-0.2, -0.15) is 0 Å². The molecule has 5 heteroatoms. The van der Waals surface area contributed by atoms with Gasteiger partial charge in [-0.3, -0.25) is 0 Å². The molecular formula is C14H15N3OS. The zero-order valence-electron chi connectivity index (χ0n) is 10.9. The zero-order chi connectivity index (χ0) is 13.4. The molecule has 3 rings (SSSR count). The molecule has 4 nitrogen and oxygen atoms in total. The van der Waals surface area contributed by atoms with E-state index >= 15 is 0 Å². The van der Waals surface area contributed by atoms with Crippen LogP contribution in [0.3, 0.4) is 0 Å². The lowest BCUT2D eigenvalue weighted by molar-refractivity contribution is 0.185. The summed E-state index contributed by atoms with van der Waals surface area (Å²) < 4.78 is 2.04. The molecule has 1 unspecified atom stereocenters. The van der Waals surface area contributed by atoms with Crippen molar-refractivity contribution in [1.82, 2.24) is 14.5 Å². The van der Waals surface area contributed by atoms with E-state index in [1.54, 1.807) is 18.3 Å². The van der Waals surface area contributed by atoms with Crippen LogP contribution < -0.4 is 0 Å². The van der Waals surface area contributed by atoms with E-state index in [1.165, 1.54) is 0 Å². The Labute approximate surface area is 115 Å². The maximum Gasteiger partial charge on any atom is 0.138 e. The molecule has 2 heterocycles. The van der Waals surface area contributed by atoms with Crippen molar-refractivity contribution < 1.29 is 5.11 Å². The predicted octanol–water partition coefficient (Wildman–Crippen LogP) is 2.90. The highest BCUT2D eigenvalue weighted by Gasteiger charge is 2.15. The van der Waals surface area contributed by atoms with Gasteiger partial charge in [-0.1, -0.05) is 12.1 Å². The molecule has 0 radical (unpaired) electrons. The molecule has 3 aromatic rings. The van der Waals surface area contributed by atoms with Gasteiger partial charge < -0.3 is 9.67 Å². The van der Waals surface area contributed by atoms with E-state index in [2.05, 4.69) is 9.97 Å². The Morgan fingerprint density at radius 3 is 2.79 bits per heavy atom. The third kappa shape index (κ3) is 2.27. The number of benzene rings is 1. The zero-order valence-corrected chi connectivity index (χ0v) is 11.7. The van der Waals surface area contributed by atoms with Gasteiger partial charge in [0.15, 0.2) is 0 Å². The number of rotatable bonds is 3. The fourth-order valence-corrected chi connectivity index (χ4v) is 2.95. The number of imidazole rings is 1. The average Bonchev–Trinajstić information content (AvgIpc) is 2.95. The molecule has 0 saturated carbocycles. The lowest BCUT2D eigenvalue weighted by Gasteiger charge is -2.09. The van der Waals surface area contributed by atoms with Crippen molar-refractivity contribution in [2.75, 3.05) is 0 Å². The Morgan fingerprint density at radius 1 is 1.32 bits per heavy atom. The third-order valence-electron chi connectivity index (χ3n) is 3.02. The summed E-state index contributed by atoms with van der Waals surface area (Å²) in [5, 5.41) is 13.0. The molecule has 0 bridgehead atoms. The molecule has 0 aliphatic heterocycles. The van der Waals surface area contributed by atoms with Gasteiger partial charge in [0.25, 0.3) is 0 Å². The smallest absolute Gasteiger partial charge is 0.138 e. The van der Waals surface area contributed by atoms with Gasteiger partial charge in [0.05, 0.1) is 17.6 Å². The highest BCUT2D eigenvalue weighted by molar-refractivity contribution is 7.09. The van der Waals surface area contributed by atoms with E-state index in [-0.39, 0.29) is 0 Å². The Hall–Kier alpha value is -1.72. The number of para-hydroxylation sites is 2. The number of aliphatic hydroxyl groups excluding tert-OH is 1. The van der Waals surface area contributed by atoms with E-state index in [0.29, 0.717) is 12.4 Å². The van der Waals surface area contributed by atoms with Crippen molar-refractivity contribution in [3.8, 4) is 0 Å². The van der Waals surface area contributed by atoms with Crippen LogP contribution in [0.5, 0.6) is 0 Å². The molecule has 0 spiro atoms. The number of aryl methyl sites for hydroxylation is 1. The van der Waals surface area contributed by atoms with Crippen LogP contribution in [-0.4, -0.2) is 19.6 Å². The standard InChI is InChI=1S/C14H15N3OS/c1-9-8-19-13(15-9)7-17-12-6-4-3-5-11(12)16-14(17)10(2)18/h3-6,8,10,18H,7H2,1-2H3. The molecule has 98 valence electrons. The summed E-state index contributed by atoms with van der Waals surface area (Å²) in [5.74, 6) is 0.689. The van der Waals surface area contributed by atoms with Crippen molar-refractivity contribution in [3.63, 3.8) is 0 Å². The van der Waals surface area contributed by atoms with Crippen molar-refractivity contribution in [1.29, 1.82) is 0 Å². The largest absolute Gasteiger partial charge is 0.385 e. The molecule has 2 aromatic heterocycles. The summed E-state index contributed by atoms with van der Waals surface area (Å²) in [6.07, 6.45) is -0.589. The second kappa shape index (κ2) is 4.75. The number of hydrogen-bond donors (Lipinski definition) is 1. The van der Waals surface area contributed by atoms with Crippen LogP contribution >= 0.6 is 11.3 Å². The number of nitrogens with zero attached hydrogens (tertiary/aromatic N) is 3. The van der Waals surface area contributed by atoms with Gasteiger partial charge in [-0.05, 0) is 26.0 Å². The lowest BCUT2D eigenvalue weighted by atomic mass is 10.3. The summed E-state index contributed by atoms with van der Waals surface area (Å²) in [4.78, 5) is 8.99. The summed E-state index contributed by atoms with van der Waals surface area (Å²) in [5.41, 5.74) is 2.97. The van der Waals surface area contributed by atoms with Crippen LogP contribution in [0.4, 0.5) is 0 Å². The van der Waals surface area contributed by atoms with Crippen LogP contribution in [-0.2, 0) is 6.54 Å². The molecule has 1 atom stereocenters. The summed E-state index contributed by atoms with van der Waals surface area (Å²) >= 11 is 1.64. The van der Waals surface area contributed by atoms with E-state index in [0.717, 1.165) is 21.7 Å². The number of thiazole rings is 1. The van der Waals surface area contributed by atoms with Crippen molar-refractivity contribution in [2.45, 2.75) is 26.5 Å². The first kappa shape index (κ1) is 12.3. The van der Waals surface area contributed by atoms with Gasteiger partial charge in [0.2, 0.25) is 0 Å². The molecule has 0 saturated heterocycles. The highest BCUT2D eigenvalue weighted by atomic mass is 32.1. The minimum absolute atomic E-state index is 0.589. The Balaban J connectivity index is 2.12. The van der Waals surface area contributed by atoms with Crippen molar-refractivity contribution in [3.05, 3.63) is 46.2 Å². The summed E-state index contributed by atoms with van der Waals surface area (Å²) in [6, 6.07) is 7.93. The lowest BCUT2D eigenvalue weighted by Crippen LogP contribution is -2.07. The predicted molar refractivity (Wildman–Crippen MR) is 76.3 cm³/mol. The number of aliphatic hydroxyl groups is 1. The molecule has 0 fully saturated rings. The molecule has 0 amide bonds. The van der Waals surface area contributed by atoms with E-state index in [4.69, 9.17) is 0 Å². The number of hydrogen-bond acceptors (Lipinski definition) is 4. The molecule has 19 heavy (non-hydrogen) atoms. The topological polar surface area (TPSA) is 50.9 Å². The van der Waals surface area contributed by atoms with Gasteiger partial charge in [-0.15, -0.1) is 11.3 Å². The first-order valence-electron chi connectivity index (χ1n) is 6.19. The average molecular weight is 273 g/mol. The molecule has 0 aliphatic rings. The summed E-state index contributed by atoms with van der Waals surface area (Å²) in [7, 11) is 0. The second-order valence-corrected chi connectivity index (χ2v) is 5.55. The van der Waals surface area contributed by atoms with Crippen LogP contribution in [0.1, 0.15) is 29.6 Å². The van der Waals surface area contributed by atoms with Crippen LogP contribution in [0.15, 0.2) is 29.6 Å². The molecule has 1 aromatic carbocycles. The minimum atomic E-state index is -0.589. The van der Waals surface area contributed by atoms with E-state index in [1.807, 2.05) is 41.1 Å². The normalized spacial score (nSPS) is 13.0. The fourth-order valence-electron chi connectivity index (χ4n) is 2.19. The van der Waals surface area contributed by atoms with Crippen LogP contribution in [0.2, 0.25) is 0 Å². The Morgan fingerprint density at radius 2 is 2.11 bits per heavy atom. The molecule has 1 N–H and O–H groups in total. The van der Waals surface area contributed by atoms with Crippen LogP contribution in [0, 0.1) is 6.92 Å². The SMILES string of the molecule is Cc1csc(Cn2c(C(C)O)nc3ccccc32)n1.